The van der Waals surface area contributed by atoms with Gasteiger partial charge in [0.25, 0.3) is 12.0 Å². The monoisotopic (exact) mass is 322 g/mol. The first-order valence-electron chi connectivity index (χ1n) is 6.31. The third-order valence-electron chi connectivity index (χ3n) is 3.28. The van der Waals surface area contributed by atoms with Crippen LogP contribution in [0.1, 0.15) is 12.0 Å². The van der Waals surface area contributed by atoms with Gasteiger partial charge >= 0.3 is 5.69 Å². The zero-order valence-corrected chi connectivity index (χ0v) is 11.8. The SMILES string of the molecule is O=c1[nH]c(=O)n(-c2ccccc2Cl)c2cc(C(F)F)ccc12. The van der Waals surface area contributed by atoms with Crippen molar-refractivity contribution in [2.75, 3.05) is 0 Å². The minimum atomic E-state index is -2.71. The molecule has 1 heterocycles. The maximum Gasteiger partial charge on any atom is 0.333 e. The first-order chi connectivity index (χ1) is 10.5. The highest BCUT2D eigenvalue weighted by molar-refractivity contribution is 6.32. The van der Waals surface area contributed by atoms with Crippen LogP contribution in [-0.4, -0.2) is 9.55 Å². The molecule has 0 aliphatic rings. The number of nitrogens with zero attached hydrogens (tertiary/aromatic N) is 1. The van der Waals surface area contributed by atoms with Crippen molar-refractivity contribution in [1.82, 2.24) is 9.55 Å². The van der Waals surface area contributed by atoms with Crippen molar-refractivity contribution in [3.63, 3.8) is 0 Å². The predicted molar refractivity (Wildman–Crippen MR) is 80.1 cm³/mol. The van der Waals surface area contributed by atoms with Crippen LogP contribution in [0.3, 0.4) is 0 Å². The van der Waals surface area contributed by atoms with E-state index in [2.05, 4.69) is 4.98 Å². The fourth-order valence-electron chi connectivity index (χ4n) is 2.26. The summed E-state index contributed by atoms with van der Waals surface area (Å²) in [4.78, 5) is 26.2. The Hall–Kier alpha value is -2.47. The molecule has 0 bridgehead atoms. The number of nitrogens with one attached hydrogen (secondary N) is 1. The Kier molecular flexibility index (Phi) is 3.54. The molecule has 0 aliphatic carbocycles. The van der Waals surface area contributed by atoms with Crippen LogP contribution in [0.25, 0.3) is 16.6 Å². The number of halogens is 3. The number of alkyl halides is 2. The van der Waals surface area contributed by atoms with Crippen molar-refractivity contribution in [1.29, 1.82) is 0 Å². The molecule has 3 rings (SSSR count). The van der Waals surface area contributed by atoms with Crippen molar-refractivity contribution in [3.8, 4) is 5.69 Å². The molecule has 1 N–H and O–H groups in total. The second-order valence-electron chi connectivity index (χ2n) is 4.62. The fourth-order valence-corrected chi connectivity index (χ4v) is 2.48. The quantitative estimate of drug-likeness (QED) is 0.787. The van der Waals surface area contributed by atoms with Gasteiger partial charge in [0, 0.05) is 5.56 Å². The van der Waals surface area contributed by atoms with Gasteiger partial charge in [-0.2, -0.15) is 0 Å². The lowest BCUT2D eigenvalue weighted by Gasteiger charge is -2.12. The molecule has 0 saturated heterocycles. The lowest BCUT2D eigenvalue weighted by Crippen LogP contribution is -2.29. The van der Waals surface area contributed by atoms with Gasteiger partial charge in [-0.25, -0.2) is 13.6 Å². The molecule has 22 heavy (non-hydrogen) atoms. The summed E-state index contributed by atoms with van der Waals surface area (Å²) in [7, 11) is 0. The molecule has 1 aromatic heterocycles. The maximum atomic E-state index is 12.9. The highest BCUT2D eigenvalue weighted by Crippen LogP contribution is 2.25. The Bertz CT molecular complexity index is 979. The van der Waals surface area contributed by atoms with Crippen LogP contribution in [0, 0.1) is 0 Å². The Morgan fingerprint density at radius 1 is 1.09 bits per heavy atom. The minimum absolute atomic E-state index is 0.0830. The summed E-state index contributed by atoms with van der Waals surface area (Å²) in [6.07, 6.45) is -2.71. The van der Waals surface area contributed by atoms with E-state index in [1.165, 1.54) is 6.07 Å². The molecule has 0 spiro atoms. The van der Waals surface area contributed by atoms with E-state index in [1.807, 2.05) is 0 Å². The van der Waals surface area contributed by atoms with E-state index in [-0.39, 0.29) is 21.5 Å². The summed E-state index contributed by atoms with van der Waals surface area (Å²) in [5.74, 6) is 0. The van der Waals surface area contributed by atoms with Crippen molar-refractivity contribution in [2.45, 2.75) is 6.43 Å². The summed E-state index contributed by atoms with van der Waals surface area (Å²) in [6.45, 7) is 0. The lowest BCUT2D eigenvalue weighted by molar-refractivity contribution is 0.151. The molecule has 0 fully saturated rings. The number of aromatic amines is 1. The van der Waals surface area contributed by atoms with Gasteiger partial charge in [0.2, 0.25) is 0 Å². The van der Waals surface area contributed by atoms with Gasteiger partial charge in [-0.1, -0.05) is 29.8 Å². The number of rotatable bonds is 2. The van der Waals surface area contributed by atoms with Crippen LogP contribution < -0.4 is 11.2 Å². The largest absolute Gasteiger partial charge is 0.333 e. The summed E-state index contributed by atoms with van der Waals surface area (Å²) in [5.41, 5.74) is -1.26. The molecule has 0 radical (unpaired) electrons. The molecule has 7 heteroatoms. The van der Waals surface area contributed by atoms with E-state index in [0.717, 1.165) is 16.7 Å². The molecule has 2 aromatic carbocycles. The highest BCUT2D eigenvalue weighted by Gasteiger charge is 2.14. The number of hydrogen-bond donors (Lipinski definition) is 1. The van der Waals surface area contributed by atoms with Crippen LogP contribution in [0.5, 0.6) is 0 Å². The van der Waals surface area contributed by atoms with Gasteiger partial charge in [-0.05, 0) is 24.3 Å². The van der Waals surface area contributed by atoms with Crippen molar-refractivity contribution >= 4 is 22.5 Å². The van der Waals surface area contributed by atoms with Crippen molar-refractivity contribution in [3.05, 3.63) is 73.9 Å². The summed E-state index contributed by atoms with van der Waals surface area (Å²) < 4.78 is 26.9. The number of benzene rings is 2. The van der Waals surface area contributed by atoms with E-state index in [9.17, 15) is 18.4 Å². The minimum Gasteiger partial charge on any atom is -0.273 e. The van der Waals surface area contributed by atoms with E-state index in [1.54, 1.807) is 24.3 Å². The molecule has 4 nitrogen and oxygen atoms in total. The second-order valence-corrected chi connectivity index (χ2v) is 5.03. The highest BCUT2D eigenvalue weighted by atomic mass is 35.5. The predicted octanol–water partition coefficient (Wildman–Crippen LogP) is 3.27. The number of H-pyrrole nitrogens is 1. The molecular formula is C15H9ClF2N2O2. The zero-order chi connectivity index (χ0) is 15.9. The van der Waals surface area contributed by atoms with Crippen LogP contribution in [0.15, 0.2) is 52.1 Å². The van der Waals surface area contributed by atoms with Gasteiger partial charge in [0.1, 0.15) is 0 Å². The molecule has 0 unspecified atom stereocenters. The van der Waals surface area contributed by atoms with Crippen LogP contribution in [-0.2, 0) is 0 Å². The molecule has 0 saturated carbocycles. The fraction of sp³-hybridized carbons (Fsp3) is 0.0667. The van der Waals surface area contributed by atoms with Gasteiger partial charge in [-0.3, -0.25) is 14.3 Å². The smallest absolute Gasteiger partial charge is 0.273 e. The summed E-state index contributed by atoms with van der Waals surface area (Å²) >= 11 is 6.07. The van der Waals surface area contributed by atoms with E-state index < -0.39 is 17.7 Å². The second kappa shape index (κ2) is 5.38. The Labute approximate surface area is 127 Å². The Balaban J connectivity index is 2.48. The first kappa shape index (κ1) is 14.5. The number of aromatic nitrogens is 2. The van der Waals surface area contributed by atoms with Gasteiger partial charge in [0.05, 0.1) is 21.6 Å². The summed E-state index contributed by atoms with van der Waals surface area (Å²) in [6, 6.07) is 10.0. The van der Waals surface area contributed by atoms with Gasteiger partial charge < -0.3 is 0 Å². The average molecular weight is 323 g/mol. The van der Waals surface area contributed by atoms with E-state index in [4.69, 9.17) is 11.6 Å². The molecule has 112 valence electrons. The van der Waals surface area contributed by atoms with Crippen LogP contribution >= 0.6 is 11.6 Å². The standard InChI is InChI=1S/C15H9ClF2N2O2/c16-10-3-1-2-4-11(10)20-12-7-8(13(17)18)5-6-9(12)14(21)19-15(20)22/h1-7,13H,(H,19,21,22). The number of para-hydroxylation sites is 1. The van der Waals surface area contributed by atoms with Crippen LogP contribution in [0.2, 0.25) is 5.02 Å². The Morgan fingerprint density at radius 3 is 2.50 bits per heavy atom. The molecule has 0 aliphatic heterocycles. The molecular weight excluding hydrogens is 314 g/mol. The molecule has 0 amide bonds. The van der Waals surface area contributed by atoms with Crippen LogP contribution in [0.4, 0.5) is 8.78 Å². The van der Waals surface area contributed by atoms with Gasteiger partial charge in [-0.15, -0.1) is 0 Å². The van der Waals surface area contributed by atoms with Gasteiger partial charge in [0.15, 0.2) is 0 Å². The molecule has 0 atom stereocenters. The zero-order valence-electron chi connectivity index (χ0n) is 11.0. The topological polar surface area (TPSA) is 54.9 Å². The van der Waals surface area contributed by atoms with Crippen molar-refractivity contribution < 1.29 is 8.78 Å². The third kappa shape index (κ3) is 2.31. The normalized spacial score (nSPS) is 11.3. The lowest BCUT2D eigenvalue weighted by atomic mass is 10.1. The first-order valence-corrected chi connectivity index (χ1v) is 6.69. The average Bonchev–Trinajstić information content (AvgIpc) is 2.48. The number of fused-ring (bicyclic) bond motifs is 1. The third-order valence-corrected chi connectivity index (χ3v) is 3.60. The van der Waals surface area contributed by atoms with E-state index >= 15 is 0 Å². The Morgan fingerprint density at radius 2 is 1.82 bits per heavy atom. The maximum absolute atomic E-state index is 12.9. The number of hydrogen-bond acceptors (Lipinski definition) is 2. The molecule has 3 aromatic rings. The summed E-state index contributed by atoms with van der Waals surface area (Å²) in [5, 5.41) is 0.393. The van der Waals surface area contributed by atoms with Crippen molar-refractivity contribution in [2.24, 2.45) is 0 Å². The van der Waals surface area contributed by atoms with E-state index in [0.29, 0.717) is 5.69 Å².